The minimum atomic E-state index is -3.84. The fourth-order valence-electron chi connectivity index (χ4n) is 2.49. The number of hydrogen-bond donors (Lipinski definition) is 4. The maximum absolute atomic E-state index is 12.8. The van der Waals surface area contributed by atoms with E-state index in [9.17, 15) is 18.0 Å². The number of unbranched alkanes of at least 4 members (excludes halogenated alkanes) is 1. The zero-order valence-electron chi connectivity index (χ0n) is 18.0. The van der Waals surface area contributed by atoms with Gasteiger partial charge in [-0.2, -0.15) is 23.5 Å². The van der Waals surface area contributed by atoms with Crippen molar-refractivity contribution in [3.05, 3.63) is 48.5 Å². The van der Waals surface area contributed by atoms with Crippen LogP contribution >= 0.6 is 23.5 Å². The molecule has 2 aromatic carbocycles. The second-order valence-electron chi connectivity index (χ2n) is 6.77. The fourth-order valence-corrected chi connectivity index (χ4v) is 4.83. The molecular weight excluding hydrogens is 468 g/mol. The van der Waals surface area contributed by atoms with Gasteiger partial charge >= 0.3 is 0 Å². The zero-order valence-corrected chi connectivity index (χ0v) is 20.5. The summed E-state index contributed by atoms with van der Waals surface area (Å²) in [6, 6.07) is 12.6. The molecule has 0 fully saturated rings. The molecule has 2 rings (SSSR count). The van der Waals surface area contributed by atoms with Gasteiger partial charge in [0.25, 0.3) is 10.0 Å². The summed E-state index contributed by atoms with van der Waals surface area (Å²) in [6.07, 6.45) is 3.97. The molecule has 8 nitrogen and oxygen atoms in total. The number of hydrazine groups is 1. The molecule has 0 saturated carbocycles. The second-order valence-corrected chi connectivity index (χ2v) is 10.4. The summed E-state index contributed by atoms with van der Waals surface area (Å²) in [5.41, 5.74) is 6.72. The molecule has 0 aliphatic rings. The van der Waals surface area contributed by atoms with Gasteiger partial charge in [0.05, 0.1) is 22.1 Å². The highest BCUT2D eigenvalue weighted by Gasteiger charge is 2.15. The number of carbonyl (C=O) groups is 2. The van der Waals surface area contributed by atoms with Gasteiger partial charge in [0.15, 0.2) is 0 Å². The highest BCUT2D eigenvalue weighted by molar-refractivity contribution is 8.00. The van der Waals surface area contributed by atoms with Gasteiger partial charge in [0, 0.05) is 11.4 Å². The third-order valence-electron chi connectivity index (χ3n) is 4.06. The summed E-state index contributed by atoms with van der Waals surface area (Å²) >= 11 is 2.96. The van der Waals surface area contributed by atoms with E-state index in [-0.39, 0.29) is 16.7 Å². The normalized spacial score (nSPS) is 10.9. The van der Waals surface area contributed by atoms with Crippen LogP contribution in [0.15, 0.2) is 53.4 Å². The lowest BCUT2D eigenvalue weighted by molar-refractivity contribution is -0.118. The molecule has 0 bridgehead atoms. The van der Waals surface area contributed by atoms with E-state index in [2.05, 4.69) is 27.8 Å². The van der Waals surface area contributed by atoms with Gasteiger partial charge in [0.2, 0.25) is 11.8 Å². The summed E-state index contributed by atoms with van der Waals surface area (Å²) in [6.45, 7) is 2.10. The summed E-state index contributed by atoms with van der Waals surface area (Å²) in [5, 5.41) is 2.74. The third kappa shape index (κ3) is 9.01. The summed E-state index contributed by atoms with van der Waals surface area (Å²) in [5.74, 6) is 1.26. The number of carbonyl (C=O) groups excluding carboxylic acids is 2. The first-order chi connectivity index (χ1) is 15.3. The molecule has 0 radical (unpaired) electrons. The Morgan fingerprint density at radius 3 is 2.34 bits per heavy atom. The van der Waals surface area contributed by atoms with Crippen molar-refractivity contribution in [2.75, 3.05) is 39.0 Å². The molecule has 0 saturated heterocycles. The second kappa shape index (κ2) is 13.2. The Balaban J connectivity index is 1.96. The Morgan fingerprint density at radius 1 is 0.938 bits per heavy atom. The van der Waals surface area contributed by atoms with Crippen LogP contribution in [-0.2, 0) is 19.6 Å². The lowest BCUT2D eigenvalue weighted by atomic mass is 10.3. The monoisotopic (exact) mass is 496 g/mol. The Labute approximate surface area is 197 Å². The van der Waals surface area contributed by atoms with Crippen molar-refractivity contribution in [2.24, 2.45) is 0 Å². The number of anilines is 3. The Morgan fingerprint density at radius 2 is 1.66 bits per heavy atom. The Kier molecular flexibility index (Phi) is 10.7. The van der Waals surface area contributed by atoms with Gasteiger partial charge in [-0.1, -0.05) is 19.4 Å². The van der Waals surface area contributed by atoms with E-state index in [1.165, 1.54) is 23.9 Å². The summed E-state index contributed by atoms with van der Waals surface area (Å²) in [4.78, 5) is 23.6. The van der Waals surface area contributed by atoms with Gasteiger partial charge in [-0.25, -0.2) is 8.42 Å². The quantitative estimate of drug-likeness (QED) is 0.246. The van der Waals surface area contributed by atoms with Crippen LogP contribution in [0.1, 0.15) is 19.8 Å². The SMILES string of the molecule is CCCCSCC(=O)Nc1cccc(S(=O)(=O)Nc2ccc(NNC(=O)CSC)cc2)c1. The first kappa shape index (κ1) is 25.9. The Bertz CT molecular complexity index is 998. The van der Waals surface area contributed by atoms with E-state index in [0.717, 1.165) is 18.6 Å². The van der Waals surface area contributed by atoms with Crippen LogP contribution in [0.4, 0.5) is 17.1 Å². The molecular formula is C21H28N4O4S3. The van der Waals surface area contributed by atoms with Gasteiger partial charge in [0.1, 0.15) is 0 Å². The number of benzene rings is 2. The van der Waals surface area contributed by atoms with E-state index in [1.807, 2.05) is 6.26 Å². The number of hydrogen-bond acceptors (Lipinski definition) is 7. The summed E-state index contributed by atoms with van der Waals surface area (Å²) in [7, 11) is -3.84. The van der Waals surface area contributed by atoms with Gasteiger partial charge in [-0.15, -0.1) is 0 Å². The highest BCUT2D eigenvalue weighted by atomic mass is 32.2. The van der Waals surface area contributed by atoms with Crippen LogP contribution in [0, 0.1) is 0 Å². The van der Waals surface area contributed by atoms with Crippen molar-refractivity contribution in [1.82, 2.24) is 5.43 Å². The molecule has 2 amide bonds. The maximum Gasteiger partial charge on any atom is 0.261 e. The van der Waals surface area contributed by atoms with Crippen LogP contribution in [0.3, 0.4) is 0 Å². The first-order valence-corrected chi connectivity index (χ1v) is 14.0. The number of nitrogens with one attached hydrogen (secondary N) is 4. The van der Waals surface area contributed by atoms with Crippen molar-refractivity contribution < 1.29 is 18.0 Å². The average Bonchev–Trinajstić information content (AvgIpc) is 2.76. The van der Waals surface area contributed by atoms with Gasteiger partial charge in [-0.3, -0.25) is 25.2 Å². The smallest absolute Gasteiger partial charge is 0.261 e. The molecule has 0 atom stereocenters. The van der Waals surface area contributed by atoms with E-state index in [0.29, 0.717) is 28.6 Å². The predicted octanol–water partition coefficient (Wildman–Crippen LogP) is 3.77. The minimum Gasteiger partial charge on any atom is -0.325 e. The largest absolute Gasteiger partial charge is 0.325 e. The number of rotatable bonds is 13. The zero-order chi connectivity index (χ0) is 23.4. The number of thioether (sulfide) groups is 2. The highest BCUT2D eigenvalue weighted by Crippen LogP contribution is 2.21. The van der Waals surface area contributed by atoms with Crippen molar-refractivity contribution in [1.29, 1.82) is 0 Å². The lowest BCUT2D eigenvalue weighted by Crippen LogP contribution is -2.30. The predicted molar refractivity (Wildman–Crippen MR) is 135 cm³/mol. The van der Waals surface area contributed by atoms with Crippen LogP contribution in [-0.4, -0.2) is 43.7 Å². The van der Waals surface area contributed by atoms with Crippen molar-refractivity contribution in [3.63, 3.8) is 0 Å². The van der Waals surface area contributed by atoms with Crippen LogP contribution in [0.2, 0.25) is 0 Å². The molecule has 174 valence electrons. The van der Waals surface area contributed by atoms with Crippen molar-refractivity contribution in [3.8, 4) is 0 Å². The van der Waals surface area contributed by atoms with Gasteiger partial charge < -0.3 is 5.32 Å². The molecule has 4 N–H and O–H groups in total. The molecule has 0 heterocycles. The molecule has 0 unspecified atom stereocenters. The molecule has 0 aliphatic heterocycles. The fraction of sp³-hybridized carbons (Fsp3) is 0.333. The van der Waals surface area contributed by atoms with E-state index in [4.69, 9.17) is 0 Å². The lowest BCUT2D eigenvalue weighted by Gasteiger charge is -2.12. The molecule has 11 heteroatoms. The number of amides is 2. The Hall–Kier alpha value is -2.37. The average molecular weight is 497 g/mol. The van der Waals surface area contributed by atoms with E-state index >= 15 is 0 Å². The van der Waals surface area contributed by atoms with Crippen molar-refractivity contribution in [2.45, 2.75) is 24.7 Å². The van der Waals surface area contributed by atoms with E-state index < -0.39 is 10.0 Å². The third-order valence-corrected chi connectivity index (χ3v) is 7.04. The van der Waals surface area contributed by atoms with E-state index in [1.54, 1.807) is 48.2 Å². The maximum atomic E-state index is 12.8. The first-order valence-electron chi connectivity index (χ1n) is 9.98. The summed E-state index contributed by atoms with van der Waals surface area (Å²) < 4.78 is 28.0. The standard InChI is InChI=1S/C21H28N4O4S3/c1-3-4-12-31-15-20(26)22-18-6-5-7-19(13-18)32(28,29)25-17-10-8-16(9-11-17)23-24-21(27)14-30-2/h5-11,13,23,25H,3-4,12,14-15H2,1-2H3,(H,22,26)(H,24,27). The van der Waals surface area contributed by atoms with Crippen LogP contribution < -0.4 is 20.9 Å². The van der Waals surface area contributed by atoms with Crippen LogP contribution in [0.5, 0.6) is 0 Å². The molecule has 0 aliphatic carbocycles. The topological polar surface area (TPSA) is 116 Å². The molecule has 0 aromatic heterocycles. The minimum absolute atomic E-state index is 0.0421. The van der Waals surface area contributed by atoms with Crippen molar-refractivity contribution >= 4 is 62.4 Å². The van der Waals surface area contributed by atoms with Crippen LogP contribution in [0.25, 0.3) is 0 Å². The number of sulfonamides is 1. The molecule has 0 spiro atoms. The molecule has 32 heavy (non-hydrogen) atoms. The van der Waals surface area contributed by atoms with Gasteiger partial charge in [-0.05, 0) is 60.9 Å². The molecule has 2 aromatic rings.